The molecule has 1 saturated heterocycles. The number of fused-ring (bicyclic) bond motifs is 2. The molecule has 2 atom stereocenters. The van der Waals surface area contributed by atoms with E-state index in [1.54, 1.807) is 6.20 Å². The Labute approximate surface area is 281 Å². The number of likely N-dealkylation sites (tertiary alicyclic amines) is 1. The highest BCUT2D eigenvalue weighted by molar-refractivity contribution is 6.35. The van der Waals surface area contributed by atoms with Crippen LogP contribution in [0.15, 0.2) is 84.8 Å². The highest BCUT2D eigenvalue weighted by atomic mass is 35.5. The van der Waals surface area contributed by atoms with Crippen LogP contribution in [0, 0.1) is 11.3 Å². The number of hydrogen-bond acceptors (Lipinski definition) is 9. The minimum absolute atomic E-state index is 0.0229. The zero-order valence-electron chi connectivity index (χ0n) is 27.1. The van der Waals surface area contributed by atoms with Gasteiger partial charge in [-0.3, -0.25) is 14.9 Å². The summed E-state index contributed by atoms with van der Waals surface area (Å²) >= 11 is 6.92. The number of nitrogens with one attached hydrogen (secondary N) is 4. The van der Waals surface area contributed by atoms with Gasteiger partial charge in [0.25, 0.3) is 0 Å². The van der Waals surface area contributed by atoms with Crippen LogP contribution in [0.2, 0.25) is 5.02 Å². The number of ether oxygens (including phenoxy) is 1. The molecular formula is C37H41ClN8O. The molecule has 242 valence electrons. The highest BCUT2D eigenvalue weighted by Gasteiger charge is 2.32. The van der Waals surface area contributed by atoms with Gasteiger partial charge in [-0.05, 0) is 57.4 Å². The van der Waals surface area contributed by atoms with Gasteiger partial charge in [0.15, 0.2) is 0 Å². The summed E-state index contributed by atoms with van der Waals surface area (Å²) < 4.78 is 5.90. The second-order valence-electron chi connectivity index (χ2n) is 13.5. The average molecular weight is 649 g/mol. The molecule has 4 aromatic rings. The Kier molecular flexibility index (Phi) is 8.58. The van der Waals surface area contributed by atoms with Crippen molar-refractivity contribution in [1.29, 1.82) is 5.26 Å². The summed E-state index contributed by atoms with van der Waals surface area (Å²) in [6, 6.07) is 24.9. The topological polar surface area (TPSA) is 101 Å². The summed E-state index contributed by atoms with van der Waals surface area (Å²) in [6.45, 7) is 9.60. The van der Waals surface area contributed by atoms with E-state index in [-0.39, 0.29) is 17.6 Å². The minimum atomic E-state index is -0.192. The SMILES string of the molecule is CC(C)(C)N1CCC(N2C=C([C@@H](Nc3cc(Cl)c4ncc(C#N)c(N[C@H]5CCOc6ccccc65)c4c3)c3ccccc3)NN2)CC1. The van der Waals surface area contributed by atoms with Gasteiger partial charge in [0, 0.05) is 60.1 Å². The minimum Gasteiger partial charge on any atom is -0.493 e. The van der Waals surface area contributed by atoms with Crippen LogP contribution in [0.3, 0.4) is 0 Å². The number of piperidine rings is 1. The summed E-state index contributed by atoms with van der Waals surface area (Å²) in [7, 11) is 0. The van der Waals surface area contributed by atoms with Crippen molar-refractivity contribution in [3.63, 3.8) is 0 Å². The predicted octanol–water partition coefficient (Wildman–Crippen LogP) is 7.28. The molecule has 0 bridgehead atoms. The van der Waals surface area contributed by atoms with Gasteiger partial charge in [-0.15, -0.1) is 5.53 Å². The predicted molar refractivity (Wildman–Crippen MR) is 188 cm³/mol. The van der Waals surface area contributed by atoms with E-state index in [0.29, 0.717) is 34.4 Å². The fourth-order valence-electron chi connectivity index (χ4n) is 6.90. The quantitative estimate of drug-likeness (QED) is 0.165. The number of benzene rings is 3. The third-order valence-electron chi connectivity index (χ3n) is 9.49. The molecule has 0 unspecified atom stereocenters. The molecule has 0 spiro atoms. The van der Waals surface area contributed by atoms with Crippen LogP contribution in [0.4, 0.5) is 11.4 Å². The smallest absolute Gasteiger partial charge is 0.124 e. The summed E-state index contributed by atoms with van der Waals surface area (Å²) in [5, 5.41) is 21.1. The van der Waals surface area contributed by atoms with E-state index in [1.807, 2.05) is 36.4 Å². The Balaban J connectivity index is 1.20. The van der Waals surface area contributed by atoms with Gasteiger partial charge >= 0.3 is 0 Å². The number of pyridine rings is 1. The molecule has 10 heteroatoms. The van der Waals surface area contributed by atoms with Crippen LogP contribution >= 0.6 is 11.6 Å². The van der Waals surface area contributed by atoms with Crippen LogP contribution in [0.1, 0.15) is 68.8 Å². The van der Waals surface area contributed by atoms with Crippen molar-refractivity contribution in [3.8, 4) is 11.8 Å². The average Bonchev–Trinajstić information content (AvgIpc) is 3.58. The number of rotatable bonds is 7. The molecule has 9 nitrogen and oxygen atoms in total. The largest absolute Gasteiger partial charge is 0.493 e. The molecular weight excluding hydrogens is 608 g/mol. The number of nitriles is 1. The molecule has 3 aliphatic heterocycles. The first-order valence-electron chi connectivity index (χ1n) is 16.4. The third-order valence-corrected chi connectivity index (χ3v) is 9.78. The lowest BCUT2D eigenvalue weighted by molar-refractivity contribution is 0.0570. The van der Waals surface area contributed by atoms with E-state index in [1.165, 1.54) is 0 Å². The maximum atomic E-state index is 10.1. The molecule has 0 aliphatic carbocycles. The molecule has 7 rings (SSSR count). The Morgan fingerprint density at radius 1 is 1.04 bits per heavy atom. The number of aromatic nitrogens is 1. The zero-order valence-corrected chi connectivity index (χ0v) is 27.8. The van der Waals surface area contributed by atoms with Crippen molar-refractivity contribution < 1.29 is 4.74 Å². The lowest BCUT2D eigenvalue weighted by atomic mass is 9.97. The number of halogens is 1. The van der Waals surface area contributed by atoms with E-state index in [0.717, 1.165) is 66.0 Å². The number of hydrogen-bond donors (Lipinski definition) is 4. The normalized spacial score (nSPS) is 19.3. The third kappa shape index (κ3) is 6.41. The first kappa shape index (κ1) is 31.1. The second-order valence-corrected chi connectivity index (χ2v) is 13.9. The first-order chi connectivity index (χ1) is 22.8. The molecule has 47 heavy (non-hydrogen) atoms. The first-order valence-corrected chi connectivity index (χ1v) is 16.7. The van der Waals surface area contributed by atoms with Gasteiger partial charge < -0.3 is 20.8 Å². The molecule has 1 fully saturated rings. The van der Waals surface area contributed by atoms with Crippen LogP contribution in [0.25, 0.3) is 10.9 Å². The number of hydrazine groups is 2. The summed E-state index contributed by atoms with van der Waals surface area (Å²) in [6.07, 6.45) is 6.73. The summed E-state index contributed by atoms with van der Waals surface area (Å²) in [4.78, 5) is 7.16. The van der Waals surface area contributed by atoms with E-state index in [9.17, 15) is 5.26 Å². The maximum absolute atomic E-state index is 10.1. The van der Waals surface area contributed by atoms with Crippen molar-refractivity contribution in [2.45, 2.75) is 63.7 Å². The number of anilines is 2. The van der Waals surface area contributed by atoms with Crippen molar-refractivity contribution in [1.82, 2.24) is 25.9 Å². The van der Waals surface area contributed by atoms with Crippen molar-refractivity contribution in [2.75, 3.05) is 30.3 Å². The van der Waals surface area contributed by atoms with Crippen LogP contribution in [-0.4, -0.2) is 46.2 Å². The Bertz CT molecular complexity index is 1820. The number of nitrogens with zero attached hydrogens (tertiary/aromatic N) is 4. The van der Waals surface area contributed by atoms with Gasteiger partial charge in [-0.1, -0.05) is 60.1 Å². The Hall–Kier alpha value is -4.49. The van der Waals surface area contributed by atoms with Crippen molar-refractivity contribution in [3.05, 3.63) is 107 Å². The van der Waals surface area contributed by atoms with Crippen LogP contribution in [-0.2, 0) is 0 Å². The maximum Gasteiger partial charge on any atom is 0.124 e. The molecule has 0 amide bonds. The number of para-hydroxylation sites is 1. The van der Waals surface area contributed by atoms with E-state index in [4.69, 9.17) is 16.3 Å². The van der Waals surface area contributed by atoms with Gasteiger partial charge in [0.2, 0.25) is 0 Å². The van der Waals surface area contributed by atoms with E-state index >= 15 is 0 Å². The van der Waals surface area contributed by atoms with Crippen molar-refractivity contribution in [2.24, 2.45) is 0 Å². The molecule has 3 aromatic carbocycles. The molecule has 0 saturated carbocycles. The fraction of sp³-hybridized carbons (Fsp3) is 0.351. The highest BCUT2D eigenvalue weighted by Crippen LogP contribution is 2.40. The zero-order chi connectivity index (χ0) is 32.5. The van der Waals surface area contributed by atoms with Crippen LogP contribution < -0.4 is 26.3 Å². The molecule has 4 heterocycles. The van der Waals surface area contributed by atoms with Crippen molar-refractivity contribution >= 4 is 33.9 Å². The lowest BCUT2D eigenvalue weighted by Crippen LogP contribution is -2.52. The van der Waals surface area contributed by atoms with Crippen LogP contribution in [0.5, 0.6) is 5.75 Å². The lowest BCUT2D eigenvalue weighted by Gasteiger charge is -2.42. The second kappa shape index (κ2) is 13.0. The molecule has 0 radical (unpaired) electrons. The Morgan fingerprint density at radius 3 is 2.57 bits per heavy atom. The molecule has 4 N–H and O–H groups in total. The molecule has 1 aromatic heterocycles. The van der Waals surface area contributed by atoms with Gasteiger partial charge in [0.05, 0.1) is 46.2 Å². The van der Waals surface area contributed by atoms with E-state index < -0.39 is 0 Å². The monoisotopic (exact) mass is 648 g/mol. The van der Waals surface area contributed by atoms with Gasteiger partial charge in [-0.2, -0.15) is 5.26 Å². The fourth-order valence-corrected chi connectivity index (χ4v) is 7.17. The van der Waals surface area contributed by atoms with Gasteiger partial charge in [0.1, 0.15) is 11.8 Å². The van der Waals surface area contributed by atoms with E-state index in [2.05, 4.69) is 99.9 Å². The summed E-state index contributed by atoms with van der Waals surface area (Å²) in [5.41, 5.74) is 12.9. The molecule has 3 aliphatic rings. The Morgan fingerprint density at radius 2 is 1.81 bits per heavy atom. The standard InChI is InChI=1S/C37H41ClN8O/c1-37(2,3)45-16-13-27(14-17-45)46-23-32(43-44-46)35(24-9-5-4-6-10-24)41-26-19-29-34(25(21-39)22-40-36(29)30(38)20-26)42-31-15-18-47-33-12-8-7-11-28(31)33/h4-12,19-20,22-23,27,31,35,41,43-44H,13-18H2,1-3H3,(H,40,42)/t31-,35-/m0/s1. The summed E-state index contributed by atoms with van der Waals surface area (Å²) in [5.74, 6) is 0.860. The van der Waals surface area contributed by atoms with Gasteiger partial charge in [-0.25, -0.2) is 0 Å².